The zero-order valence-corrected chi connectivity index (χ0v) is 20.8. The number of aromatic amines is 1. The highest BCUT2D eigenvalue weighted by molar-refractivity contribution is 7.99. The molecule has 180 valence electrons. The molecule has 0 radical (unpaired) electrons. The maximum Gasteiger partial charge on any atom is 0.136 e. The number of aromatic nitrogens is 3. The standard InChI is InChI=1S/C28H31N5OS/c1-2-15-35-27-25(9-6-12-30-27)28(34)33-14-13-32(19-24-17-29-20-31-24)26-11-10-22(16-23(26)18-33)21-7-4-3-5-8-21/h3-12,16-17,20,28,34H,2,13-15,18-19H2,1H3,(H,29,31). The molecule has 1 atom stereocenters. The van der Waals surface area contributed by atoms with Crippen LogP contribution in [0, 0.1) is 0 Å². The Labute approximate surface area is 211 Å². The molecular weight excluding hydrogens is 454 g/mol. The highest BCUT2D eigenvalue weighted by Gasteiger charge is 2.27. The number of nitrogens with zero attached hydrogens (tertiary/aromatic N) is 4. The minimum Gasteiger partial charge on any atom is -0.374 e. The quantitative estimate of drug-likeness (QED) is 0.322. The summed E-state index contributed by atoms with van der Waals surface area (Å²) in [5.74, 6) is 0.984. The first-order chi connectivity index (χ1) is 17.2. The number of thioether (sulfide) groups is 1. The number of pyridine rings is 1. The number of imidazole rings is 1. The predicted octanol–water partition coefficient (Wildman–Crippen LogP) is 5.49. The van der Waals surface area contributed by atoms with Crippen LogP contribution in [0.4, 0.5) is 5.69 Å². The predicted molar refractivity (Wildman–Crippen MR) is 142 cm³/mol. The second kappa shape index (κ2) is 11.1. The van der Waals surface area contributed by atoms with Gasteiger partial charge in [0, 0.05) is 43.3 Å². The normalized spacial score (nSPS) is 15.0. The molecule has 0 saturated heterocycles. The molecule has 2 aromatic carbocycles. The SMILES string of the molecule is CCCSc1ncccc1C(O)N1CCN(Cc2cnc[nH]2)c2ccc(-c3ccccc3)cc2C1. The van der Waals surface area contributed by atoms with Gasteiger partial charge in [-0.05, 0) is 47.1 Å². The van der Waals surface area contributed by atoms with Gasteiger partial charge < -0.3 is 15.0 Å². The first-order valence-corrected chi connectivity index (χ1v) is 13.1. The molecular formula is C28H31N5OS. The summed E-state index contributed by atoms with van der Waals surface area (Å²) in [6, 6.07) is 21.1. The van der Waals surface area contributed by atoms with Crippen LogP contribution in [0.5, 0.6) is 0 Å². The summed E-state index contributed by atoms with van der Waals surface area (Å²) in [4.78, 5) is 16.5. The lowest BCUT2D eigenvalue weighted by Gasteiger charge is -2.28. The summed E-state index contributed by atoms with van der Waals surface area (Å²) in [6.45, 7) is 5.09. The number of hydrogen-bond acceptors (Lipinski definition) is 6. The van der Waals surface area contributed by atoms with Gasteiger partial charge in [-0.25, -0.2) is 9.97 Å². The van der Waals surface area contributed by atoms with Gasteiger partial charge in [-0.2, -0.15) is 0 Å². The summed E-state index contributed by atoms with van der Waals surface area (Å²) >= 11 is 1.71. The van der Waals surface area contributed by atoms with E-state index in [1.165, 1.54) is 22.4 Å². The van der Waals surface area contributed by atoms with Gasteiger partial charge in [-0.15, -0.1) is 11.8 Å². The maximum absolute atomic E-state index is 11.5. The van der Waals surface area contributed by atoms with Gasteiger partial charge in [-0.3, -0.25) is 4.90 Å². The van der Waals surface area contributed by atoms with E-state index in [0.29, 0.717) is 6.54 Å². The van der Waals surface area contributed by atoms with Gasteiger partial charge in [-0.1, -0.05) is 49.4 Å². The van der Waals surface area contributed by atoms with Crippen molar-refractivity contribution in [3.8, 4) is 11.1 Å². The van der Waals surface area contributed by atoms with Crippen molar-refractivity contribution in [2.24, 2.45) is 0 Å². The molecule has 1 unspecified atom stereocenters. The summed E-state index contributed by atoms with van der Waals surface area (Å²) in [7, 11) is 0. The van der Waals surface area contributed by atoms with Gasteiger partial charge in [0.1, 0.15) is 11.3 Å². The van der Waals surface area contributed by atoms with E-state index in [2.05, 4.69) is 74.1 Å². The third-order valence-corrected chi connectivity index (χ3v) is 7.57. The van der Waals surface area contributed by atoms with Crippen LogP contribution >= 0.6 is 11.8 Å². The van der Waals surface area contributed by atoms with E-state index in [9.17, 15) is 5.11 Å². The number of benzene rings is 2. The Kier molecular flexibility index (Phi) is 7.47. The number of anilines is 1. The summed E-state index contributed by atoms with van der Waals surface area (Å²) in [6.07, 6.45) is 5.76. The van der Waals surface area contributed by atoms with Crippen molar-refractivity contribution in [2.45, 2.75) is 37.7 Å². The molecule has 2 N–H and O–H groups in total. The Morgan fingerprint density at radius 3 is 2.74 bits per heavy atom. The van der Waals surface area contributed by atoms with Crippen LogP contribution in [-0.2, 0) is 13.1 Å². The van der Waals surface area contributed by atoms with Crippen molar-refractivity contribution in [2.75, 3.05) is 23.7 Å². The second-order valence-corrected chi connectivity index (χ2v) is 9.88. The monoisotopic (exact) mass is 485 g/mol. The Morgan fingerprint density at radius 1 is 1.06 bits per heavy atom. The first kappa shape index (κ1) is 23.6. The van der Waals surface area contributed by atoms with Gasteiger partial charge in [0.15, 0.2) is 0 Å². The number of H-pyrrole nitrogens is 1. The van der Waals surface area contributed by atoms with Crippen LogP contribution in [0.2, 0.25) is 0 Å². The molecule has 6 nitrogen and oxygen atoms in total. The van der Waals surface area contributed by atoms with Crippen LogP contribution in [0.15, 0.2) is 84.4 Å². The van der Waals surface area contributed by atoms with Crippen LogP contribution in [0.1, 0.15) is 36.4 Å². The fourth-order valence-electron chi connectivity index (χ4n) is 4.56. The fraction of sp³-hybridized carbons (Fsp3) is 0.286. The van der Waals surface area contributed by atoms with Gasteiger partial charge in [0.2, 0.25) is 0 Å². The Balaban J connectivity index is 1.48. The van der Waals surface area contributed by atoms with E-state index in [1.54, 1.807) is 18.1 Å². The highest BCUT2D eigenvalue weighted by Crippen LogP contribution is 2.35. The molecule has 5 rings (SSSR count). The number of hydrogen-bond donors (Lipinski definition) is 2. The van der Waals surface area contributed by atoms with Gasteiger partial charge in [0.25, 0.3) is 0 Å². The molecule has 0 fully saturated rings. The first-order valence-electron chi connectivity index (χ1n) is 12.1. The van der Waals surface area contributed by atoms with Crippen LogP contribution < -0.4 is 4.90 Å². The fourth-order valence-corrected chi connectivity index (χ4v) is 5.44. The molecule has 4 aromatic rings. The Hall–Kier alpha value is -3.13. The minimum atomic E-state index is -0.719. The van der Waals surface area contributed by atoms with Crippen molar-refractivity contribution < 1.29 is 5.11 Å². The van der Waals surface area contributed by atoms with Crippen LogP contribution in [0.25, 0.3) is 11.1 Å². The number of rotatable bonds is 8. The van der Waals surface area contributed by atoms with Gasteiger partial charge in [0.05, 0.1) is 18.6 Å². The third-order valence-electron chi connectivity index (χ3n) is 6.34. The average Bonchev–Trinajstić information content (AvgIpc) is 3.35. The molecule has 3 heterocycles. The number of nitrogens with one attached hydrogen (secondary N) is 1. The number of aliphatic hydroxyl groups is 1. The maximum atomic E-state index is 11.5. The number of aliphatic hydroxyl groups excluding tert-OH is 1. The molecule has 2 aromatic heterocycles. The topological polar surface area (TPSA) is 68.3 Å². The Morgan fingerprint density at radius 2 is 1.94 bits per heavy atom. The Bertz CT molecular complexity index is 1230. The molecule has 7 heteroatoms. The van der Waals surface area contributed by atoms with Crippen molar-refractivity contribution in [3.05, 3.63) is 96.2 Å². The molecule has 0 spiro atoms. The van der Waals surface area contributed by atoms with Crippen molar-refractivity contribution in [1.29, 1.82) is 0 Å². The molecule has 0 amide bonds. The highest BCUT2D eigenvalue weighted by atomic mass is 32.2. The molecule has 0 aliphatic carbocycles. The lowest BCUT2D eigenvalue weighted by molar-refractivity contribution is -0.00344. The van der Waals surface area contributed by atoms with Crippen molar-refractivity contribution >= 4 is 17.4 Å². The van der Waals surface area contributed by atoms with Crippen molar-refractivity contribution in [3.63, 3.8) is 0 Å². The molecule has 0 bridgehead atoms. The molecule has 1 aliphatic heterocycles. The summed E-state index contributed by atoms with van der Waals surface area (Å²) < 4.78 is 0. The summed E-state index contributed by atoms with van der Waals surface area (Å²) in [5.41, 5.74) is 6.73. The van der Waals surface area contributed by atoms with E-state index in [-0.39, 0.29) is 0 Å². The van der Waals surface area contributed by atoms with E-state index in [1.807, 2.05) is 30.6 Å². The van der Waals surface area contributed by atoms with E-state index < -0.39 is 6.23 Å². The van der Waals surface area contributed by atoms with E-state index in [4.69, 9.17) is 0 Å². The lowest BCUT2D eigenvalue weighted by Crippen LogP contribution is -2.34. The minimum absolute atomic E-state index is 0.656. The molecule has 1 aliphatic rings. The lowest BCUT2D eigenvalue weighted by atomic mass is 10.0. The smallest absolute Gasteiger partial charge is 0.136 e. The van der Waals surface area contributed by atoms with Crippen LogP contribution in [0.3, 0.4) is 0 Å². The van der Waals surface area contributed by atoms with E-state index >= 15 is 0 Å². The average molecular weight is 486 g/mol. The molecule has 35 heavy (non-hydrogen) atoms. The van der Waals surface area contributed by atoms with E-state index in [0.717, 1.165) is 48.1 Å². The van der Waals surface area contributed by atoms with Gasteiger partial charge >= 0.3 is 0 Å². The third kappa shape index (κ3) is 5.42. The largest absolute Gasteiger partial charge is 0.374 e. The van der Waals surface area contributed by atoms with Crippen LogP contribution in [-0.4, -0.2) is 43.8 Å². The zero-order valence-electron chi connectivity index (χ0n) is 20.0. The summed E-state index contributed by atoms with van der Waals surface area (Å²) in [5, 5.41) is 12.5. The zero-order chi connectivity index (χ0) is 24.0. The molecule has 0 saturated carbocycles. The second-order valence-electron chi connectivity index (χ2n) is 8.80. The van der Waals surface area contributed by atoms with Crippen molar-refractivity contribution in [1.82, 2.24) is 19.9 Å². The number of fused-ring (bicyclic) bond motifs is 1.